The Balaban J connectivity index is 1.96. The number of hydrogen-bond donors (Lipinski definition) is 2. The highest BCUT2D eigenvalue weighted by Gasteiger charge is 2.29. The van der Waals surface area contributed by atoms with Crippen LogP contribution in [0, 0.1) is 5.92 Å². The Hall–Kier alpha value is -1.69. The summed E-state index contributed by atoms with van der Waals surface area (Å²) < 4.78 is 16.0. The molecular weight excluding hydrogens is 320 g/mol. The zero-order chi connectivity index (χ0) is 15.9. The molecule has 0 bridgehead atoms. The molecule has 2 N–H and O–H groups in total. The largest absolute Gasteiger partial charge is 0.370 e. The van der Waals surface area contributed by atoms with E-state index < -0.39 is 6.50 Å². The first-order chi connectivity index (χ1) is 10.3. The minimum atomic E-state index is -1.59. The Labute approximate surface area is 128 Å². The van der Waals surface area contributed by atoms with Crippen LogP contribution in [0.15, 0.2) is 22.9 Å². The summed E-state index contributed by atoms with van der Waals surface area (Å²) in [5.74, 6) is 1.02. The summed E-state index contributed by atoms with van der Waals surface area (Å²) in [7, 11) is 0. The van der Waals surface area contributed by atoms with Crippen molar-refractivity contribution in [2.24, 2.45) is 5.92 Å². The molecule has 20 heavy (non-hydrogen) atoms. The smallest absolute Gasteiger partial charge is 0.228 e. The SMILES string of the molecule is [2H]C([2H])(C)Nc1ncc(Br)c2cc(NC(=O)C3CC3)ncc12. The Bertz CT molecular complexity index is 743. The summed E-state index contributed by atoms with van der Waals surface area (Å²) in [5, 5.41) is 7.01. The van der Waals surface area contributed by atoms with Gasteiger partial charge in [-0.25, -0.2) is 9.97 Å². The Morgan fingerprint density at radius 3 is 2.95 bits per heavy atom. The fraction of sp³-hybridized carbons (Fsp3) is 0.357. The molecule has 5 nitrogen and oxygen atoms in total. The highest BCUT2D eigenvalue weighted by molar-refractivity contribution is 9.10. The molecule has 1 amide bonds. The molecule has 1 aliphatic rings. The molecule has 0 aromatic carbocycles. The number of hydrogen-bond acceptors (Lipinski definition) is 4. The molecule has 1 fully saturated rings. The van der Waals surface area contributed by atoms with Gasteiger partial charge in [-0.3, -0.25) is 4.79 Å². The van der Waals surface area contributed by atoms with Crippen LogP contribution in [0.4, 0.5) is 11.6 Å². The van der Waals surface area contributed by atoms with Crippen molar-refractivity contribution in [1.29, 1.82) is 0 Å². The topological polar surface area (TPSA) is 66.9 Å². The van der Waals surface area contributed by atoms with E-state index in [9.17, 15) is 4.79 Å². The van der Waals surface area contributed by atoms with E-state index in [1.165, 1.54) is 6.92 Å². The van der Waals surface area contributed by atoms with Gasteiger partial charge in [-0.05, 0) is 41.8 Å². The van der Waals surface area contributed by atoms with Crippen molar-refractivity contribution in [2.75, 3.05) is 17.1 Å². The molecule has 2 heterocycles. The van der Waals surface area contributed by atoms with E-state index in [4.69, 9.17) is 2.74 Å². The zero-order valence-electron chi connectivity index (χ0n) is 12.9. The fourth-order valence-electron chi connectivity index (χ4n) is 1.96. The van der Waals surface area contributed by atoms with E-state index in [-0.39, 0.29) is 11.8 Å². The lowest BCUT2D eigenvalue weighted by Gasteiger charge is -2.10. The number of nitrogens with zero attached hydrogens (tertiary/aromatic N) is 2. The first-order valence-electron chi connectivity index (χ1n) is 7.37. The second-order valence-corrected chi connectivity index (χ2v) is 5.56. The van der Waals surface area contributed by atoms with Crippen molar-refractivity contribution in [3.05, 3.63) is 22.9 Å². The molecule has 0 saturated heterocycles. The lowest BCUT2D eigenvalue weighted by atomic mass is 10.2. The molecule has 0 spiro atoms. The third kappa shape index (κ3) is 2.60. The number of carbonyl (C=O) groups is 1. The van der Waals surface area contributed by atoms with Gasteiger partial charge in [0.1, 0.15) is 11.6 Å². The average molecular weight is 337 g/mol. The predicted octanol–water partition coefficient (Wildman–Crippen LogP) is 3.17. The third-order valence-corrected chi connectivity index (χ3v) is 3.80. The van der Waals surface area contributed by atoms with E-state index in [1.54, 1.807) is 18.5 Å². The quantitative estimate of drug-likeness (QED) is 0.899. The van der Waals surface area contributed by atoms with Crippen LogP contribution in [0.1, 0.15) is 22.5 Å². The number of pyridine rings is 2. The van der Waals surface area contributed by atoms with Gasteiger partial charge in [-0.2, -0.15) is 0 Å². The van der Waals surface area contributed by atoms with E-state index in [0.29, 0.717) is 17.0 Å². The molecule has 6 heteroatoms. The number of halogens is 1. The maximum Gasteiger partial charge on any atom is 0.228 e. The lowest BCUT2D eigenvalue weighted by Crippen LogP contribution is -2.14. The van der Waals surface area contributed by atoms with Crippen molar-refractivity contribution >= 4 is 44.2 Å². The van der Waals surface area contributed by atoms with E-state index >= 15 is 0 Å². The Morgan fingerprint density at radius 2 is 2.25 bits per heavy atom. The van der Waals surface area contributed by atoms with Crippen molar-refractivity contribution in [2.45, 2.75) is 19.8 Å². The first kappa shape index (κ1) is 11.0. The highest BCUT2D eigenvalue weighted by atomic mass is 79.9. The van der Waals surface area contributed by atoms with Gasteiger partial charge in [0.15, 0.2) is 0 Å². The molecule has 0 unspecified atom stereocenters. The molecule has 2 aromatic rings. The van der Waals surface area contributed by atoms with Crippen LogP contribution in [0.2, 0.25) is 0 Å². The normalized spacial score (nSPS) is 16.5. The summed E-state index contributed by atoms with van der Waals surface area (Å²) in [4.78, 5) is 20.2. The maximum absolute atomic E-state index is 11.8. The molecule has 104 valence electrons. The molecule has 2 aromatic heterocycles. The summed E-state index contributed by atoms with van der Waals surface area (Å²) in [6, 6.07) is 1.76. The summed E-state index contributed by atoms with van der Waals surface area (Å²) in [5.41, 5.74) is 0. The van der Waals surface area contributed by atoms with Crippen molar-refractivity contribution in [3.63, 3.8) is 0 Å². The molecule has 1 saturated carbocycles. The summed E-state index contributed by atoms with van der Waals surface area (Å²) in [6.45, 7) is -0.174. The number of fused-ring (bicyclic) bond motifs is 1. The van der Waals surface area contributed by atoms with Crippen molar-refractivity contribution < 1.29 is 7.54 Å². The molecule has 3 rings (SSSR count). The van der Waals surface area contributed by atoms with Gasteiger partial charge in [-0.1, -0.05) is 0 Å². The number of anilines is 2. The minimum absolute atomic E-state index is 0.000249. The standard InChI is InChI=1S/C14H15BrN4O/c1-2-16-13-10-6-17-12(19-14(20)8-3-4-8)5-9(10)11(15)7-18-13/h5-8H,2-4H2,1H3,(H,16,18)(H,17,19,20)/i2D2. The predicted molar refractivity (Wildman–Crippen MR) is 82.8 cm³/mol. The maximum atomic E-state index is 11.8. The van der Waals surface area contributed by atoms with Crippen LogP contribution in [-0.4, -0.2) is 22.4 Å². The Morgan fingerprint density at radius 1 is 1.45 bits per heavy atom. The van der Waals surface area contributed by atoms with Gasteiger partial charge in [0, 0.05) is 42.8 Å². The van der Waals surface area contributed by atoms with Crippen LogP contribution in [0.25, 0.3) is 10.8 Å². The van der Waals surface area contributed by atoms with Crippen LogP contribution < -0.4 is 10.6 Å². The van der Waals surface area contributed by atoms with Crippen LogP contribution >= 0.6 is 15.9 Å². The van der Waals surface area contributed by atoms with Gasteiger partial charge in [0.25, 0.3) is 0 Å². The number of amides is 1. The number of rotatable bonds is 4. The Kier molecular flexibility index (Phi) is 2.95. The van der Waals surface area contributed by atoms with Gasteiger partial charge in [-0.15, -0.1) is 0 Å². The van der Waals surface area contributed by atoms with Gasteiger partial charge < -0.3 is 10.6 Å². The molecule has 0 aliphatic heterocycles. The van der Waals surface area contributed by atoms with E-state index in [2.05, 4.69) is 36.5 Å². The molecule has 0 atom stereocenters. The van der Waals surface area contributed by atoms with Gasteiger partial charge >= 0.3 is 0 Å². The summed E-state index contributed by atoms with van der Waals surface area (Å²) in [6.07, 6.45) is 5.06. The van der Waals surface area contributed by atoms with Gasteiger partial charge in [0.2, 0.25) is 5.91 Å². The minimum Gasteiger partial charge on any atom is -0.370 e. The highest BCUT2D eigenvalue weighted by Crippen LogP contribution is 2.32. The van der Waals surface area contributed by atoms with E-state index in [0.717, 1.165) is 22.7 Å². The molecule has 0 radical (unpaired) electrons. The fourth-order valence-corrected chi connectivity index (χ4v) is 2.39. The lowest BCUT2D eigenvalue weighted by molar-refractivity contribution is -0.117. The van der Waals surface area contributed by atoms with Crippen molar-refractivity contribution in [3.8, 4) is 0 Å². The van der Waals surface area contributed by atoms with E-state index in [1.807, 2.05) is 0 Å². The van der Waals surface area contributed by atoms with Crippen LogP contribution in [0.5, 0.6) is 0 Å². The third-order valence-electron chi connectivity index (χ3n) is 3.17. The second kappa shape index (κ2) is 5.36. The second-order valence-electron chi connectivity index (χ2n) is 4.71. The zero-order valence-corrected chi connectivity index (χ0v) is 12.5. The van der Waals surface area contributed by atoms with Crippen molar-refractivity contribution in [1.82, 2.24) is 9.97 Å². The molecular formula is C14H15BrN4O. The number of aromatic nitrogens is 2. The average Bonchev–Trinajstić information content (AvgIpc) is 3.25. The molecule has 1 aliphatic carbocycles. The monoisotopic (exact) mass is 336 g/mol. The number of nitrogens with one attached hydrogen (secondary N) is 2. The van der Waals surface area contributed by atoms with Crippen LogP contribution in [-0.2, 0) is 4.79 Å². The summed E-state index contributed by atoms with van der Waals surface area (Å²) >= 11 is 3.43. The number of carbonyl (C=O) groups excluding carboxylic acids is 1. The van der Waals surface area contributed by atoms with Crippen LogP contribution in [0.3, 0.4) is 0 Å². The first-order valence-corrected chi connectivity index (χ1v) is 7.16. The van der Waals surface area contributed by atoms with Gasteiger partial charge in [0.05, 0.1) is 0 Å².